The van der Waals surface area contributed by atoms with E-state index in [1.165, 1.54) is 4.31 Å². The first-order valence-electron chi connectivity index (χ1n) is 6.55. The van der Waals surface area contributed by atoms with Gasteiger partial charge in [-0.15, -0.1) is 0 Å². The van der Waals surface area contributed by atoms with Gasteiger partial charge in [0, 0.05) is 19.8 Å². The summed E-state index contributed by atoms with van der Waals surface area (Å²) in [6.45, 7) is 2.29. The molecule has 3 rings (SSSR count). The molecule has 0 aromatic carbocycles. The molecule has 0 saturated carbocycles. The third-order valence-electron chi connectivity index (χ3n) is 3.73. The maximum Gasteiger partial charge on any atom is 0.262 e. The van der Waals surface area contributed by atoms with Crippen molar-refractivity contribution in [1.82, 2.24) is 13.9 Å². The van der Waals surface area contributed by atoms with Gasteiger partial charge in [-0.25, -0.2) is 13.4 Å². The smallest absolute Gasteiger partial charge is 0.262 e. The SMILES string of the molecule is Cc1nc(S(=O)(=O)N2CCC[C@@H]2c2ccco2)cn1C. The minimum Gasteiger partial charge on any atom is -0.468 e. The molecule has 1 saturated heterocycles. The van der Waals surface area contributed by atoms with Crippen molar-refractivity contribution >= 4 is 10.0 Å². The molecule has 1 aliphatic heterocycles. The number of nitrogens with zero attached hydrogens (tertiary/aromatic N) is 3. The Morgan fingerprint density at radius 3 is 2.85 bits per heavy atom. The zero-order chi connectivity index (χ0) is 14.3. The van der Waals surface area contributed by atoms with E-state index in [0.717, 1.165) is 12.8 Å². The van der Waals surface area contributed by atoms with Crippen LogP contribution in [-0.4, -0.2) is 28.8 Å². The molecular formula is C13H17N3O3S. The van der Waals surface area contributed by atoms with E-state index >= 15 is 0 Å². The molecule has 108 valence electrons. The summed E-state index contributed by atoms with van der Waals surface area (Å²) in [6.07, 6.45) is 4.74. The van der Waals surface area contributed by atoms with Crippen LogP contribution in [0.3, 0.4) is 0 Å². The Morgan fingerprint density at radius 2 is 2.25 bits per heavy atom. The first-order valence-corrected chi connectivity index (χ1v) is 7.99. The summed E-state index contributed by atoms with van der Waals surface area (Å²) in [6, 6.07) is 3.38. The van der Waals surface area contributed by atoms with Crippen LogP contribution in [0.5, 0.6) is 0 Å². The van der Waals surface area contributed by atoms with Crippen LogP contribution in [0.2, 0.25) is 0 Å². The monoisotopic (exact) mass is 295 g/mol. The molecular weight excluding hydrogens is 278 g/mol. The molecule has 0 N–H and O–H groups in total. The minimum absolute atomic E-state index is 0.107. The lowest BCUT2D eigenvalue weighted by Crippen LogP contribution is -2.30. The Balaban J connectivity index is 1.98. The number of rotatable bonds is 3. The lowest BCUT2D eigenvalue weighted by atomic mass is 10.2. The Morgan fingerprint density at radius 1 is 1.45 bits per heavy atom. The summed E-state index contributed by atoms with van der Waals surface area (Å²) >= 11 is 0. The largest absolute Gasteiger partial charge is 0.468 e. The van der Waals surface area contributed by atoms with Crippen molar-refractivity contribution < 1.29 is 12.8 Å². The minimum atomic E-state index is -3.57. The van der Waals surface area contributed by atoms with Crippen molar-refractivity contribution in [2.75, 3.05) is 6.54 Å². The summed E-state index contributed by atoms with van der Waals surface area (Å²) in [5.74, 6) is 1.37. The van der Waals surface area contributed by atoms with E-state index in [9.17, 15) is 8.42 Å². The highest BCUT2D eigenvalue weighted by Gasteiger charge is 2.38. The molecule has 3 heterocycles. The molecule has 0 spiro atoms. The summed E-state index contributed by atoms with van der Waals surface area (Å²) < 4.78 is 34.0. The van der Waals surface area contributed by atoms with Gasteiger partial charge in [0.15, 0.2) is 5.03 Å². The van der Waals surface area contributed by atoms with Gasteiger partial charge in [0.25, 0.3) is 10.0 Å². The first-order chi connectivity index (χ1) is 9.50. The Hall–Kier alpha value is -1.60. The van der Waals surface area contributed by atoms with Gasteiger partial charge < -0.3 is 8.98 Å². The van der Waals surface area contributed by atoms with Crippen LogP contribution in [0, 0.1) is 6.92 Å². The number of aromatic nitrogens is 2. The molecule has 1 aliphatic rings. The average Bonchev–Trinajstić information content (AvgIpc) is 3.10. The van der Waals surface area contributed by atoms with Crippen LogP contribution in [0.25, 0.3) is 0 Å². The van der Waals surface area contributed by atoms with Gasteiger partial charge in [0.2, 0.25) is 0 Å². The molecule has 0 bridgehead atoms. The Labute approximate surface area is 118 Å². The Kier molecular flexibility index (Phi) is 3.18. The van der Waals surface area contributed by atoms with Gasteiger partial charge in [0.05, 0.1) is 12.3 Å². The molecule has 7 heteroatoms. The standard InChI is InChI=1S/C13H17N3O3S/c1-10-14-13(9-15(10)2)20(17,18)16-7-3-5-11(16)12-6-4-8-19-12/h4,6,8-9,11H,3,5,7H2,1-2H3/t11-/m1/s1. The van der Waals surface area contributed by atoms with Crippen LogP contribution >= 0.6 is 0 Å². The van der Waals surface area contributed by atoms with Crippen LogP contribution in [0.4, 0.5) is 0 Å². The molecule has 0 aliphatic carbocycles. The molecule has 2 aromatic rings. The predicted octanol–water partition coefficient (Wildman–Crippen LogP) is 1.85. The number of sulfonamides is 1. The summed E-state index contributed by atoms with van der Waals surface area (Å²) in [7, 11) is -1.79. The average molecular weight is 295 g/mol. The van der Waals surface area contributed by atoms with Gasteiger partial charge in [-0.1, -0.05) is 0 Å². The van der Waals surface area contributed by atoms with E-state index in [1.807, 2.05) is 6.07 Å². The van der Waals surface area contributed by atoms with Crippen LogP contribution in [-0.2, 0) is 17.1 Å². The van der Waals surface area contributed by atoms with Crippen molar-refractivity contribution in [3.8, 4) is 0 Å². The van der Waals surface area contributed by atoms with Crippen molar-refractivity contribution in [3.05, 3.63) is 36.2 Å². The van der Waals surface area contributed by atoms with Crippen molar-refractivity contribution in [2.45, 2.75) is 30.8 Å². The highest BCUT2D eigenvalue weighted by molar-refractivity contribution is 7.89. The van der Waals surface area contributed by atoms with Gasteiger partial charge >= 0.3 is 0 Å². The fraction of sp³-hybridized carbons (Fsp3) is 0.462. The second-order valence-corrected chi connectivity index (χ2v) is 6.86. The summed E-state index contributed by atoms with van der Waals surface area (Å²) in [5.41, 5.74) is 0. The van der Waals surface area contributed by atoms with Crippen LogP contribution in [0.15, 0.2) is 34.0 Å². The zero-order valence-corrected chi connectivity index (χ0v) is 12.3. The molecule has 1 fully saturated rings. The van der Waals surface area contributed by atoms with Crippen molar-refractivity contribution in [3.63, 3.8) is 0 Å². The van der Waals surface area contributed by atoms with E-state index in [2.05, 4.69) is 4.98 Å². The molecule has 1 atom stereocenters. The summed E-state index contributed by atoms with van der Waals surface area (Å²) in [4.78, 5) is 4.14. The topological polar surface area (TPSA) is 68.3 Å². The maximum atomic E-state index is 12.7. The van der Waals surface area contributed by atoms with E-state index in [1.54, 1.807) is 37.1 Å². The lowest BCUT2D eigenvalue weighted by molar-refractivity contribution is 0.339. The van der Waals surface area contributed by atoms with E-state index in [-0.39, 0.29) is 11.1 Å². The van der Waals surface area contributed by atoms with Gasteiger partial charge in [0.1, 0.15) is 11.6 Å². The zero-order valence-electron chi connectivity index (χ0n) is 11.5. The lowest BCUT2D eigenvalue weighted by Gasteiger charge is -2.21. The summed E-state index contributed by atoms with van der Waals surface area (Å²) in [5, 5.41) is 0.107. The van der Waals surface area contributed by atoms with Gasteiger partial charge in [-0.05, 0) is 31.9 Å². The second kappa shape index (κ2) is 4.75. The molecule has 2 aromatic heterocycles. The number of aryl methyl sites for hydroxylation is 2. The fourth-order valence-electron chi connectivity index (χ4n) is 2.56. The first kappa shape index (κ1) is 13.4. The van der Waals surface area contributed by atoms with Crippen molar-refractivity contribution in [2.24, 2.45) is 7.05 Å². The maximum absolute atomic E-state index is 12.7. The number of hydrogen-bond donors (Lipinski definition) is 0. The van der Waals surface area contributed by atoms with Gasteiger partial charge in [-0.2, -0.15) is 4.31 Å². The highest BCUT2D eigenvalue weighted by Crippen LogP contribution is 2.36. The highest BCUT2D eigenvalue weighted by atomic mass is 32.2. The third kappa shape index (κ3) is 2.06. The normalized spacial score (nSPS) is 20.6. The fourth-order valence-corrected chi connectivity index (χ4v) is 4.26. The van der Waals surface area contributed by atoms with Crippen molar-refractivity contribution in [1.29, 1.82) is 0 Å². The molecule has 20 heavy (non-hydrogen) atoms. The van der Waals surface area contributed by atoms with E-state index in [4.69, 9.17) is 4.42 Å². The quantitative estimate of drug-likeness (QED) is 0.866. The molecule has 6 nitrogen and oxygen atoms in total. The molecule has 0 amide bonds. The van der Waals surface area contributed by atoms with E-state index < -0.39 is 10.0 Å². The van der Waals surface area contributed by atoms with Crippen LogP contribution in [0.1, 0.15) is 30.5 Å². The molecule has 0 radical (unpaired) electrons. The number of hydrogen-bond acceptors (Lipinski definition) is 4. The molecule has 0 unspecified atom stereocenters. The number of imidazole rings is 1. The van der Waals surface area contributed by atoms with Crippen LogP contribution < -0.4 is 0 Å². The third-order valence-corrected chi connectivity index (χ3v) is 5.51. The second-order valence-electron chi connectivity index (χ2n) is 5.03. The van der Waals surface area contributed by atoms with Gasteiger partial charge in [-0.3, -0.25) is 0 Å². The predicted molar refractivity (Wildman–Crippen MR) is 72.5 cm³/mol. The Bertz CT molecular complexity index is 684. The number of furan rings is 1. The van der Waals surface area contributed by atoms with E-state index in [0.29, 0.717) is 18.1 Å².